The van der Waals surface area contributed by atoms with E-state index in [1.807, 2.05) is 13.8 Å². The quantitative estimate of drug-likeness (QED) is 0.849. The monoisotopic (exact) mass is 365 g/mol. The fourth-order valence-electron chi connectivity index (χ4n) is 2.39. The van der Waals surface area contributed by atoms with E-state index in [-0.39, 0.29) is 30.2 Å². The molecule has 0 aliphatic carbocycles. The number of rotatable bonds is 5. The number of aromatic nitrogens is 3. The third kappa shape index (κ3) is 4.20. The highest BCUT2D eigenvalue weighted by Gasteiger charge is 2.31. The third-order valence-electron chi connectivity index (χ3n) is 3.76. The molecule has 1 atom stereocenters. The fourth-order valence-corrected chi connectivity index (χ4v) is 3.11. The zero-order chi connectivity index (χ0) is 17.8. The first kappa shape index (κ1) is 17.5. The molecule has 2 amide bonds. The van der Waals surface area contributed by atoms with Crippen LogP contribution in [0.15, 0.2) is 16.3 Å². The van der Waals surface area contributed by atoms with Crippen molar-refractivity contribution in [3.63, 3.8) is 0 Å². The number of hydrogen-bond acceptors (Lipinski definition) is 8. The highest BCUT2D eigenvalue weighted by atomic mass is 32.1. The molecule has 1 N–H and O–H groups in total. The normalized spacial score (nSPS) is 17.7. The number of ether oxygens (including phenoxy) is 1. The van der Waals surface area contributed by atoms with Gasteiger partial charge in [0.2, 0.25) is 18.2 Å². The number of carbonyl (C=O) groups is 2. The van der Waals surface area contributed by atoms with Gasteiger partial charge in [0.15, 0.2) is 11.0 Å². The Morgan fingerprint density at radius 3 is 3.04 bits per heavy atom. The molecule has 2 aromatic heterocycles. The summed E-state index contributed by atoms with van der Waals surface area (Å²) >= 11 is 1.30. The molecular formula is C15H19N5O4S. The molecule has 0 saturated carbocycles. The van der Waals surface area contributed by atoms with Gasteiger partial charge in [0.05, 0.1) is 25.3 Å². The Hall–Kier alpha value is -2.33. The topological polar surface area (TPSA) is 110 Å². The minimum absolute atomic E-state index is 0.0925. The van der Waals surface area contributed by atoms with Crippen LogP contribution in [0.4, 0.5) is 5.13 Å². The van der Waals surface area contributed by atoms with Gasteiger partial charge in [-0.15, -0.1) is 11.3 Å². The second-order valence-corrected chi connectivity index (χ2v) is 6.79. The van der Waals surface area contributed by atoms with Crippen LogP contribution in [0.5, 0.6) is 0 Å². The minimum atomic E-state index is -0.362. The van der Waals surface area contributed by atoms with E-state index < -0.39 is 0 Å². The summed E-state index contributed by atoms with van der Waals surface area (Å²) in [7, 11) is 0. The van der Waals surface area contributed by atoms with Crippen molar-refractivity contribution in [3.8, 4) is 0 Å². The van der Waals surface area contributed by atoms with E-state index >= 15 is 0 Å². The van der Waals surface area contributed by atoms with Crippen LogP contribution in [-0.2, 0) is 20.7 Å². The maximum absolute atomic E-state index is 12.7. The van der Waals surface area contributed by atoms with Gasteiger partial charge in [0.25, 0.3) is 0 Å². The van der Waals surface area contributed by atoms with Crippen LogP contribution >= 0.6 is 11.3 Å². The van der Waals surface area contributed by atoms with Crippen molar-refractivity contribution in [3.05, 3.63) is 23.3 Å². The van der Waals surface area contributed by atoms with Crippen LogP contribution in [0.25, 0.3) is 0 Å². The molecule has 3 rings (SSSR count). The second kappa shape index (κ2) is 7.70. The molecule has 1 fully saturated rings. The number of hydrogen-bond donors (Lipinski definition) is 1. The molecule has 0 radical (unpaired) electrons. The Labute approximate surface area is 148 Å². The first-order valence-electron chi connectivity index (χ1n) is 7.93. The van der Waals surface area contributed by atoms with Gasteiger partial charge in [-0.25, -0.2) is 4.98 Å². The van der Waals surface area contributed by atoms with Crippen LogP contribution < -0.4 is 5.32 Å². The van der Waals surface area contributed by atoms with Gasteiger partial charge in [-0.05, 0) is 0 Å². The van der Waals surface area contributed by atoms with Gasteiger partial charge >= 0.3 is 0 Å². The lowest BCUT2D eigenvalue weighted by Crippen LogP contribution is -2.44. The molecule has 10 heteroatoms. The lowest BCUT2D eigenvalue weighted by atomic mass is 10.2. The molecule has 1 unspecified atom stereocenters. The molecule has 0 bridgehead atoms. The van der Waals surface area contributed by atoms with Crippen molar-refractivity contribution in [2.75, 3.05) is 25.1 Å². The lowest BCUT2D eigenvalue weighted by Gasteiger charge is -2.33. The maximum atomic E-state index is 12.7. The number of amides is 2. The Bertz CT molecular complexity index is 730. The van der Waals surface area contributed by atoms with Gasteiger partial charge in [0, 0.05) is 17.8 Å². The molecule has 25 heavy (non-hydrogen) atoms. The maximum Gasteiger partial charge on any atom is 0.229 e. The number of nitrogens with zero attached hydrogens (tertiary/aromatic N) is 4. The van der Waals surface area contributed by atoms with Gasteiger partial charge in [-0.3, -0.25) is 9.59 Å². The lowest BCUT2D eigenvalue weighted by molar-refractivity contribution is -0.139. The molecule has 134 valence electrons. The van der Waals surface area contributed by atoms with E-state index in [9.17, 15) is 9.59 Å². The Morgan fingerprint density at radius 1 is 1.48 bits per heavy atom. The average molecular weight is 365 g/mol. The Kier molecular flexibility index (Phi) is 5.39. The molecule has 0 spiro atoms. The smallest absolute Gasteiger partial charge is 0.229 e. The van der Waals surface area contributed by atoms with Crippen LogP contribution in [0.3, 0.4) is 0 Å². The molecule has 1 aliphatic rings. The van der Waals surface area contributed by atoms with E-state index in [4.69, 9.17) is 9.26 Å². The van der Waals surface area contributed by atoms with E-state index in [2.05, 4.69) is 20.4 Å². The summed E-state index contributed by atoms with van der Waals surface area (Å²) in [5, 5.41) is 8.82. The molecule has 1 saturated heterocycles. The molecule has 2 aromatic rings. The zero-order valence-corrected chi connectivity index (χ0v) is 14.8. The summed E-state index contributed by atoms with van der Waals surface area (Å²) < 4.78 is 10.2. The average Bonchev–Trinajstić information content (AvgIpc) is 3.27. The summed E-state index contributed by atoms with van der Waals surface area (Å²) in [4.78, 5) is 34.4. The van der Waals surface area contributed by atoms with Crippen molar-refractivity contribution in [1.29, 1.82) is 0 Å². The second-order valence-electron chi connectivity index (χ2n) is 5.93. The van der Waals surface area contributed by atoms with Crippen LogP contribution in [0.2, 0.25) is 0 Å². The van der Waals surface area contributed by atoms with Crippen molar-refractivity contribution in [2.24, 2.45) is 5.92 Å². The first-order valence-corrected chi connectivity index (χ1v) is 8.81. The first-order chi connectivity index (χ1) is 12.0. The van der Waals surface area contributed by atoms with Gasteiger partial charge in [-0.2, -0.15) is 4.98 Å². The zero-order valence-electron chi connectivity index (χ0n) is 14.0. The summed E-state index contributed by atoms with van der Waals surface area (Å²) in [5.74, 6) is 0.108. The summed E-state index contributed by atoms with van der Waals surface area (Å²) in [5.41, 5.74) is 0.618. The third-order valence-corrected chi connectivity index (χ3v) is 4.57. The van der Waals surface area contributed by atoms with Gasteiger partial charge < -0.3 is 19.5 Å². The molecule has 1 aliphatic heterocycles. The standard InChI is InChI=1S/C15H19N5O4S/c1-9(2)14(22)18-15-17-10(7-25-15)5-12(21)20-3-4-23-6-11(20)13-16-8-24-19-13/h7-9,11H,3-6H2,1-2H3,(H,17,18,22). The van der Waals surface area contributed by atoms with E-state index in [1.54, 1.807) is 10.3 Å². The van der Waals surface area contributed by atoms with Crippen LogP contribution in [0.1, 0.15) is 31.4 Å². The van der Waals surface area contributed by atoms with Crippen LogP contribution in [-0.4, -0.2) is 51.6 Å². The van der Waals surface area contributed by atoms with Crippen molar-refractivity contribution >= 4 is 28.3 Å². The van der Waals surface area contributed by atoms with Gasteiger partial charge in [0.1, 0.15) is 6.04 Å². The Balaban J connectivity index is 1.65. The number of nitrogens with one attached hydrogen (secondary N) is 1. The van der Waals surface area contributed by atoms with E-state index in [1.165, 1.54) is 17.7 Å². The SMILES string of the molecule is CC(C)C(=O)Nc1nc(CC(=O)N2CCOCC2c2ncon2)cs1. The van der Waals surface area contributed by atoms with Crippen molar-refractivity contribution in [2.45, 2.75) is 26.3 Å². The highest BCUT2D eigenvalue weighted by molar-refractivity contribution is 7.13. The summed E-state index contributed by atoms with van der Waals surface area (Å²) in [6.07, 6.45) is 1.37. The molecule has 9 nitrogen and oxygen atoms in total. The minimum Gasteiger partial charge on any atom is -0.377 e. The van der Waals surface area contributed by atoms with Gasteiger partial charge in [-0.1, -0.05) is 19.0 Å². The fraction of sp³-hybridized carbons (Fsp3) is 0.533. The molecular weight excluding hydrogens is 346 g/mol. The molecule has 3 heterocycles. The van der Waals surface area contributed by atoms with Crippen molar-refractivity contribution < 1.29 is 18.8 Å². The number of thiazole rings is 1. The largest absolute Gasteiger partial charge is 0.377 e. The van der Waals surface area contributed by atoms with E-state index in [0.29, 0.717) is 36.4 Å². The molecule has 0 aromatic carbocycles. The van der Waals surface area contributed by atoms with Crippen molar-refractivity contribution in [1.82, 2.24) is 20.0 Å². The number of anilines is 1. The number of carbonyl (C=O) groups excluding carboxylic acids is 2. The Morgan fingerprint density at radius 2 is 2.32 bits per heavy atom. The predicted octanol–water partition coefficient (Wildman–Crippen LogP) is 1.26. The summed E-state index contributed by atoms with van der Waals surface area (Å²) in [6.45, 7) is 4.87. The number of morpholine rings is 1. The van der Waals surface area contributed by atoms with E-state index in [0.717, 1.165) is 0 Å². The van der Waals surface area contributed by atoms with Crippen LogP contribution in [0, 0.1) is 5.92 Å². The predicted molar refractivity (Wildman–Crippen MR) is 88.9 cm³/mol. The summed E-state index contributed by atoms with van der Waals surface area (Å²) in [6, 6.07) is -0.362. The highest BCUT2D eigenvalue weighted by Crippen LogP contribution is 2.23.